The van der Waals surface area contributed by atoms with Gasteiger partial charge in [-0.2, -0.15) is 0 Å². The number of azide groups is 1. The van der Waals surface area contributed by atoms with Gasteiger partial charge < -0.3 is 18.9 Å². The molecule has 0 bridgehead atoms. The lowest BCUT2D eigenvalue weighted by Crippen LogP contribution is -2.43. The van der Waals surface area contributed by atoms with Crippen LogP contribution in [0.1, 0.15) is 73.4 Å². The molecule has 0 amide bonds. The first-order valence-corrected chi connectivity index (χ1v) is 20.3. The first kappa shape index (κ1) is 37.4. The number of rotatable bonds is 9. The maximum atomic E-state index is 9.51. The molecule has 1 aliphatic heterocycles. The molecule has 3 atom stereocenters. The van der Waals surface area contributed by atoms with Crippen molar-refractivity contribution in [3.8, 4) is 45.3 Å². The minimum atomic E-state index is -0.982. The van der Waals surface area contributed by atoms with Gasteiger partial charge in [-0.25, -0.2) is 0 Å². The van der Waals surface area contributed by atoms with Crippen molar-refractivity contribution >= 4 is 16.8 Å². The Balaban J connectivity index is 1.39. The van der Waals surface area contributed by atoms with Gasteiger partial charge in [0.25, 0.3) is 0 Å². The zero-order valence-electron chi connectivity index (χ0n) is 34.1. The largest absolute Gasteiger partial charge is 0.497 e. The van der Waals surface area contributed by atoms with Crippen LogP contribution in [0, 0.1) is 11.3 Å². The summed E-state index contributed by atoms with van der Waals surface area (Å²) in [6.45, 7) is 7.28. The molecule has 7 heteroatoms. The second-order valence-electron chi connectivity index (χ2n) is 16.8. The van der Waals surface area contributed by atoms with Crippen LogP contribution in [0.3, 0.4) is 0 Å². The number of benzene rings is 6. The molecule has 3 aliphatic rings. The highest BCUT2D eigenvalue weighted by molar-refractivity contribution is 6.10. The first-order valence-electron chi connectivity index (χ1n) is 20.3. The Kier molecular flexibility index (Phi) is 9.25. The summed E-state index contributed by atoms with van der Waals surface area (Å²) in [7, 11) is 5.14. The van der Waals surface area contributed by atoms with Gasteiger partial charge in [-0.1, -0.05) is 105 Å². The quantitative estimate of drug-likeness (QED) is 0.0833. The van der Waals surface area contributed by atoms with E-state index in [0.29, 0.717) is 12.5 Å². The van der Waals surface area contributed by atoms with Crippen LogP contribution in [0.2, 0.25) is 0 Å². The van der Waals surface area contributed by atoms with Crippen molar-refractivity contribution in [1.29, 1.82) is 0 Å². The zero-order valence-corrected chi connectivity index (χ0v) is 34.1. The number of aryl methyl sites for hydroxylation is 1. The summed E-state index contributed by atoms with van der Waals surface area (Å²) in [5, 5.41) is 6.31. The predicted octanol–water partition coefficient (Wildman–Crippen LogP) is 12.8. The van der Waals surface area contributed by atoms with Crippen molar-refractivity contribution in [1.82, 2.24) is 0 Å². The van der Waals surface area contributed by atoms with Crippen LogP contribution in [0.4, 0.5) is 0 Å². The molecular formula is C51H49N3O4. The lowest BCUT2D eigenvalue weighted by molar-refractivity contribution is 0.118. The van der Waals surface area contributed by atoms with Crippen LogP contribution < -0.4 is 18.9 Å². The maximum absolute atomic E-state index is 9.51. The molecule has 0 radical (unpaired) electrons. The van der Waals surface area contributed by atoms with Crippen molar-refractivity contribution in [2.75, 3.05) is 27.9 Å². The van der Waals surface area contributed by atoms with Gasteiger partial charge in [0.1, 0.15) is 23.0 Å². The second-order valence-corrected chi connectivity index (χ2v) is 16.8. The number of methoxy groups -OCH3 is 3. The highest BCUT2D eigenvalue weighted by Gasteiger charge is 2.54. The van der Waals surface area contributed by atoms with Gasteiger partial charge in [0, 0.05) is 44.5 Å². The molecule has 58 heavy (non-hydrogen) atoms. The van der Waals surface area contributed by atoms with Crippen molar-refractivity contribution in [2.45, 2.75) is 57.5 Å². The third kappa shape index (κ3) is 5.82. The molecule has 1 fully saturated rings. The molecule has 3 unspecified atom stereocenters. The van der Waals surface area contributed by atoms with E-state index in [0.717, 1.165) is 87.3 Å². The van der Waals surface area contributed by atoms with Gasteiger partial charge in [-0.3, -0.25) is 0 Å². The van der Waals surface area contributed by atoms with Crippen LogP contribution in [0.5, 0.6) is 23.0 Å². The number of hydrogen-bond acceptors (Lipinski definition) is 5. The van der Waals surface area contributed by atoms with Gasteiger partial charge >= 0.3 is 0 Å². The molecule has 0 N–H and O–H groups in total. The van der Waals surface area contributed by atoms with E-state index in [2.05, 4.69) is 128 Å². The van der Waals surface area contributed by atoms with Crippen molar-refractivity contribution in [2.24, 2.45) is 16.4 Å². The third-order valence-corrected chi connectivity index (χ3v) is 13.0. The minimum Gasteiger partial charge on any atom is -0.497 e. The molecule has 9 rings (SSSR count). The Morgan fingerprint density at radius 1 is 0.793 bits per heavy atom. The van der Waals surface area contributed by atoms with Gasteiger partial charge in [-0.15, -0.1) is 0 Å². The Hall–Kier alpha value is -6.17. The van der Waals surface area contributed by atoms with Crippen molar-refractivity contribution in [3.05, 3.63) is 159 Å². The molecule has 1 spiro atoms. The predicted molar refractivity (Wildman–Crippen MR) is 233 cm³/mol. The Bertz CT molecular complexity index is 2580. The monoisotopic (exact) mass is 767 g/mol. The number of ether oxygens (including phenoxy) is 4. The Labute approximate surface area is 340 Å². The topological polar surface area (TPSA) is 85.7 Å². The molecule has 1 heterocycles. The van der Waals surface area contributed by atoms with E-state index >= 15 is 0 Å². The van der Waals surface area contributed by atoms with E-state index in [-0.39, 0.29) is 10.8 Å². The fourth-order valence-electron chi connectivity index (χ4n) is 10.8. The smallest absolute Gasteiger partial charge is 0.178 e. The van der Waals surface area contributed by atoms with Crippen LogP contribution in [0.25, 0.3) is 49.5 Å². The molecular weight excluding hydrogens is 719 g/mol. The molecule has 7 nitrogen and oxygen atoms in total. The number of nitrogens with zero attached hydrogens (tertiary/aromatic N) is 3. The van der Waals surface area contributed by atoms with E-state index in [1.165, 1.54) is 27.8 Å². The van der Waals surface area contributed by atoms with Crippen LogP contribution in [-0.4, -0.2) is 27.9 Å². The molecule has 6 aromatic carbocycles. The summed E-state index contributed by atoms with van der Waals surface area (Å²) >= 11 is 0. The van der Waals surface area contributed by atoms with E-state index in [4.69, 9.17) is 18.9 Å². The normalized spacial score (nSPS) is 21.0. The Morgan fingerprint density at radius 3 is 2.09 bits per heavy atom. The molecule has 2 aliphatic carbocycles. The van der Waals surface area contributed by atoms with E-state index < -0.39 is 5.60 Å². The van der Waals surface area contributed by atoms with E-state index in [1.807, 2.05) is 24.3 Å². The first-order chi connectivity index (χ1) is 28.2. The summed E-state index contributed by atoms with van der Waals surface area (Å²) in [5.41, 5.74) is 19.5. The summed E-state index contributed by atoms with van der Waals surface area (Å²) < 4.78 is 25.3. The van der Waals surface area contributed by atoms with Crippen molar-refractivity contribution < 1.29 is 18.9 Å². The average Bonchev–Trinajstić information content (AvgIpc) is 3.53. The highest BCUT2D eigenvalue weighted by Crippen LogP contribution is 2.65. The van der Waals surface area contributed by atoms with E-state index in [1.54, 1.807) is 21.3 Å². The summed E-state index contributed by atoms with van der Waals surface area (Å²) in [6.07, 6.45) is 8.33. The lowest BCUT2D eigenvalue weighted by Gasteiger charge is -2.49. The Morgan fingerprint density at radius 2 is 1.47 bits per heavy atom. The van der Waals surface area contributed by atoms with Crippen LogP contribution >= 0.6 is 0 Å². The summed E-state index contributed by atoms with van der Waals surface area (Å²) in [5.74, 6) is 3.58. The molecule has 6 aromatic rings. The SMILES string of the molecule is CCc1ccc(-c2cc3c4c(c5c(c3cc2OC)-c2ccccc2C52CC(C)CC(C)(CN=[N+]=[N-])C2)C=CC(c2ccc(OC)cc2)(c2ccc(OC)cc2)O4)cc1. The number of hydrogen-bond donors (Lipinski definition) is 0. The second kappa shape index (κ2) is 14.3. The highest BCUT2D eigenvalue weighted by atomic mass is 16.5. The summed E-state index contributed by atoms with van der Waals surface area (Å²) in [4.78, 5) is 3.24. The fraction of sp³-hybridized carbons (Fsp3) is 0.294. The van der Waals surface area contributed by atoms with Gasteiger partial charge in [0.15, 0.2) is 5.60 Å². The molecule has 0 saturated heterocycles. The fourth-order valence-corrected chi connectivity index (χ4v) is 10.8. The molecule has 292 valence electrons. The maximum Gasteiger partial charge on any atom is 0.178 e. The van der Waals surface area contributed by atoms with Gasteiger partial charge in [0.2, 0.25) is 0 Å². The van der Waals surface area contributed by atoms with Crippen molar-refractivity contribution in [3.63, 3.8) is 0 Å². The van der Waals surface area contributed by atoms with Crippen LogP contribution in [0.15, 0.2) is 120 Å². The third-order valence-electron chi connectivity index (χ3n) is 13.0. The molecule has 1 saturated carbocycles. The van der Waals surface area contributed by atoms with Gasteiger partial charge in [0.05, 0.1) is 21.3 Å². The minimum absolute atomic E-state index is 0.207. The standard InChI is InChI=1S/C51H49N3O4/c1-7-33-12-14-34(15-13-33)41-26-43-42(27-45(41)57-6)46-39-10-8-9-11-44(39)50(29-32(2)28-49(3,30-50)31-53-54-52)47(46)40-24-25-51(58-48(40)43,35-16-20-37(55-4)21-17-35)36-18-22-38(56-5)23-19-36/h8-27,32H,7,28-31H2,1-6H3. The van der Waals surface area contributed by atoms with Crippen LogP contribution in [-0.2, 0) is 17.4 Å². The van der Waals surface area contributed by atoms with Gasteiger partial charge in [-0.05, 0) is 124 Å². The molecule has 0 aromatic heterocycles. The zero-order chi connectivity index (χ0) is 40.2. The number of fused-ring (bicyclic) bond motifs is 10. The lowest BCUT2D eigenvalue weighted by atomic mass is 9.55. The average molecular weight is 768 g/mol. The summed E-state index contributed by atoms with van der Waals surface area (Å²) in [6, 6.07) is 38.6. The van der Waals surface area contributed by atoms with E-state index in [9.17, 15) is 5.53 Å².